The van der Waals surface area contributed by atoms with Crippen LogP contribution in [-0.4, -0.2) is 77.0 Å². The lowest BCUT2D eigenvalue weighted by atomic mass is 9.73. The SMILES string of the molecule is CC[C@@H]1CCCCN1CCN1C(=O)[C@@H]2[C@H](C(=O)Nc3cccc(Cl)c3)[C@@H]3C=C[C@@]2(O3)[C@@H]1C(=O)N[C@@H]1CCC[C@@H](C)[C@@H]1C. The molecule has 1 saturated carbocycles. The minimum atomic E-state index is -1.16. The Labute approximate surface area is 254 Å². The van der Waals surface area contributed by atoms with Gasteiger partial charge in [-0.3, -0.25) is 19.3 Å². The van der Waals surface area contributed by atoms with E-state index in [1.54, 1.807) is 29.2 Å². The van der Waals surface area contributed by atoms with Crippen LogP contribution in [0.2, 0.25) is 5.02 Å². The average Bonchev–Trinajstić information content (AvgIpc) is 3.61. The molecule has 4 aliphatic heterocycles. The van der Waals surface area contributed by atoms with E-state index in [1.165, 1.54) is 12.8 Å². The Balaban J connectivity index is 1.28. The molecule has 9 atom stereocenters. The van der Waals surface area contributed by atoms with E-state index in [0.29, 0.717) is 41.7 Å². The highest BCUT2D eigenvalue weighted by atomic mass is 35.5. The fourth-order valence-corrected chi connectivity index (χ4v) is 8.59. The smallest absolute Gasteiger partial charge is 0.246 e. The molecule has 0 aromatic heterocycles. The molecular weight excluding hydrogens is 552 g/mol. The zero-order valence-corrected chi connectivity index (χ0v) is 25.8. The number of likely N-dealkylation sites (tertiary alicyclic amines) is 2. The largest absolute Gasteiger partial charge is 0.359 e. The number of amides is 3. The van der Waals surface area contributed by atoms with Gasteiger partial charge in [0.15, 0.2) is 0 Å². The molecule has 3 amide bonds. The van der Waals surface area contributed by atoms with Crippen LogP contribution in [0.25, 0.3) is 0 Å². The minimum Gasteiger partial charge on any atom is -0.359 e. The van der Waals surface area contributed by atoms with Crippen LogP contribution >= 0.6 is 11.6 Å². The molecule has 9 heteroatoms. The number of hydrogen-bond acceptors (Lipinski definition) is 5. The number of carbonyl (C=O) groups excluding carboxylic acids is 3. The first-order chi connectivity index (χ1) is 20.2. The Bertz CT molecular complexity index is 1240. The summed E-state index contributed by atoms with van der Waals surface area (Å²) in [4.78, 5) is 46.6. The van der Waals surface area contributed by atoms with Crippen molar-refractivity contribution in [2.75, 3.05) is 25.0 Å². The van der Waals surface area contributed by atoms with Crippen LogP contribution in [0.1, 0.15) is 65.7 Å². The second-order valence-corrected chi connectivity index (χ2v) is 13.6. The molecule has 1 spiro atoms. The van der Waals surface area contributed by atoms with E-state index in [-0.39, 0.29) is 23.8 Å². The lowest BCUT2D eigenvalue weighted by molar-refractivity contribution is -0.142. The zero-order chi connectivity index (χ0) is 29.6. The molecule has 6 rings (SSSR count). The quantitative estimate of drug-likeness (QED) is 0.427. The monoisotopic (exact) mass is 596 g/mol. The Morgan fingerprint density at radius 1 is 1.10 bits per heavy atom. The Morgan fingerprint density at radius 3 is 2.71 bits per heavy atom. The van der Waals surface area contributed by atoms with Crippen LogP contribution in [0.15, 0.2) is 36.4 Å². The zero-order valence-electron chi connectivity index (χ0n) is 25.1. The molecule has 2 bridgehead atoms. The number of fused-ring (bicyclic) bond motifs is 1. The molecular formula is C33H45ClN4O4. The Hall–Kier alpha value is -2.42. The van der Waals surface area contributed by atoms with Crippen molar-refractivity contribution in [3.05, 3.63) is 41.4 Å². The molecule has 5 aliphatic rings. The molecule has 0 radical (unpaired) electrons. The highest BCUT2D eigenvalue weighted by molar-refractivity contribution is 6.30. The first-order valence-corrected chi connectivity index (χ1v) is 16.4. The maximum absolute atomic E-state index is 14.4. The van der Waals surface area contributed by atoms with Gasteiger partial charge in [0.25, 0.3) is 0 Å². The molecule has 228 valence electrons. The maximum atomic E-state index is 14.4. The molecule has 8 nitrogen and oxygen atoms in total. The molecule has 1 aromatic rings. The summed E-state index contributed by atoms with van der Waals surface area (Å²) in [5, 5.41) is 6.83. The van der Waals surface area contributed by atoms with Crippen LogP contribution in [0, 0.1) is 23.7 Å². The topological polar surface area (TPSA) is 91.0 Å². The normalized spacial score (nSPS) is 37.6. The van der Waals surface area contributed by atoms with Gasteiger partial charge in [-0.15, -0.1) is 0 Å². The summed E-state index contributed by atoms with van der Waals surface area (Å²) in [6.07, 6.45) is 11.0. The third-order valence-electron chi connectivity index (χ3n) is 10.9. The third-order valence-corrected chi connectivity index (χ3v) is 11.1. The van der Waals surface area contributed by atoms with Crippen molar-refractivity contribution < 1.29 is 19.1 Å². The first-order valence-electron chi connectivity index (χ1n) is 16.0. The van der Waals surface area contributed by atoms with Crippen molar-refractivity contribution in [3.8, 4) is 0 Å². The molecule has 0 unspecified atom stereocenters. The summed E-state index contributed by atoms with van der Waals surface area (Å²) >= 11 is 6.16. The van der Waals surface area contributed by atoms with E-state index in [2.05, 4.69) is 36.3 Å². The van der Waals surface area contributed by atoms with Crippen molar-refractivity contribution in [1.29, 1.82) is 0 Å². The van der Waals surface area contributed by atoms with E-state index in [0.717, 1.165) is 38.6 Å². The minimum absolute atomic E-state index is 0.0599. The summed E-state index contributed by atoms with van der Waals surface area (Å²) in [5.41, 5.74) is -0.585. The number of hydrogen-bond donors (Lipinski definition) is 2. The fraction of sp³-hybridized carbons (Fsp3) is 0.667. The van der Waals surface area contributed by atoms with Gasteiger partial charge >= 0.3 is 0 Å². The Kier molecular flexibility index (Phi) is 8.42. The summed E-state index contributed by atoms with van der Waals surface area (Å²) in [5.74, 6) is -1.22. The van der Waals surface area contributed by atoms with Crippen molar-refractivity contribution in [2.45, 2.75) is 95.5 Å². The van der Waals surface area contributed by atoms with E-state index in [9.17, 15) is 14.4 Å². The van der Waals surface area contributed by atoms with Crippen LogP contribution in [0.3, 0.4) is 0 Å². The van der Waals surface area contributed by atoms with Crippen LogP contribution < -0.4 is 10.6 Å². The van der Waals surface area contributed by atoms with Crippen molar-refractivity contribution in [1.82, 2.24) is 15.1 Å². The van der Waals surface area contributed by atoms with E-state index < -0.39 is 29.6 Å². The van der Waals surface area contributed by atoms with Gasteiger partial charge in [0.1, 0.15) is 11.6 Å². The number of rotatable bonds is 8. The van der Waals surface area contributed by atoms with Crippen LogP contribution in [0.5, 0.6) is 0 Å². The number of benzene rings is 1. The molecule has 1 aliphatic carbocycles. The van der Waals surface area contributed by atoms with Gasteiger partial charge in [0.2, 0.25) is 17.7 Å². The molecule has 1 aromatic carbocycles. The molecule has 3 saturated heterocycles. The highest BCUT2D eigenvalue weighted by Gasteiger charge is 2.72. The van der Waals surface area contributed by atoms with Crippen molar-refractivity contribution >= 4 is 35.0 Å². The molecule has 2 N–H and O–H groups in total. The van der Waals surface area contributed by atoms with Gasteiger partial charge in [-0.1, -0.05) is 69.9 Å². The van der Waals surface area contributed by atoms with Gasteiger partial charge < -0.3 is 20.3 Å². The lowest BCUT2D eigenvalue weighted by Gasteiger charge is -2.39. The standard InChI is InChI=1S/C33H45ClN4O4/c1-4-24-12-5-6-16-37(24)17-18-38-29(31(40)36-25-13-7-9-20(2)21(25)3)33-15-14-26(42-33)27(28(33)32(38)41)30(39)35-23-11-8-10-22(34)19-23/h8,10-11,14-15,19-21,24-29H,4-7,9,12-13,16-18H2,1-3H3,(H,35,39)(H,36,40)/t20-,21+,24-,25-,26+,27-,28+,29+,33+/m1/s1. The number of ether oxygens (including phenoxy) is 1. The third kappa shape index (κ3) is 5.17. The van der Waals surface area contributed by atoms with Gasteiger partial charge in [0, 0.05) is 35.9 Å². The average molecular weight is 597 g/mol. The van der Waals surface area contributed by atoms with Gasteiger partial charge in [-0.05, 0) is 62.3 Å². The number of nitrogens with one attached hydrogen (secondary N) is 2. The summed E-state index contributed by atoms with van der Waals surface area (Å²) in [7, 11) is 0. The molecule has 42 heavy (non-hydrogen) atoms. The van der Waals surface area contributed by atoms with E-state index in [4.69, 9.17) is 16.3 Å². The molecule has 4 heterocycles. The van der Waals surface area contributed by atoms with Crippen LogP contribution in [0.4, 0.5) is 5.69 Å². The summed E-state index contributed by atoms with van der Waals surface area (Å²) in [6, 6.07) is 6.73. The number of nitrogens with zero attached hydrogens (tertiary/aromatic N) is 2. The van der Waals surface area contributed by atoms with Crippen molar-refractivity contribution in [2.24, 2.45) is 23.7 Å². The van der Waals surface area contributed by atoms with Crippen LogP contribution in [-0.2, 0) is 19.1 Å². The first kappa shape index (κ1) is 29.6. The van der Waals surface area contributed by atoms with Gasteiger partial charge in [-0.2, -0.15) is 0 Å². The highest BCUT2D eigenvalue weighted by Crippen LogP contribution is 2.55. The second kappa shape index (κ2) is 11.9. The lowest BCUT2D eigenvalue weighted by Crippen LogP contribution is -2.58. The Morgan fingerprint density at radius 2 is 1.93 bits per heavy atom. The van der Waals surface area contributed by atoms with Crippen molar-refractivity contribution in [3.63, 3.8) is 0 Å². The predicted molar refractivity (Wildman–Crippen MR) is 163 cm³/mol. The van der Waals surface area contributed by atoms with Gasteiger partial charge in [-0.25, -0.2) is 0 Å². The molecule has 4 fully saturated rings. The fourth-order valence-electron chi connectivity index (χ4n) is 8.40. The number of piperidine rings is 1. The predicted octanol–water partition coefficient (Wildman–Crippen LogP) is 4.63. The second-order valence-electron chi connectivity index (χ2n) is 13.2. The number of anilines is 1. The maximum Gasteiger partial charge on any atom is 0.246 e. The summed E-state index contributed by atoms with van der Waals surface area (Å²) < 4.78 is 6.55. The van der Waals surface area contributed by atoms with Gasteiger partial charge in [0.05, 0.1) is 17.9 Å². The van der Waals surface area contributed by atoms with E-state index in [1.807, 2.05) is 12.2 Å². The summed E-state index contributed by atoms with van der Waals surface area (Å²) in [6.45, 7) is 8.83. The van der Waals surface area contributed by atoms with E-state index >= 15 is 0 Å². The number of halogens is 1. The number of carbonyl (C=O) groups is 3.